The molecule has 0 fully saturated rings. The van der Waals surface area contributed by atoms with Crippen LogP contribution in [0.15, 0.2) is 262 Å². The van der Waals surface area contributed by atoms with E-state index in [2.05, 4.69) is 104 Å². The van der Waals surface area contributed by atoms with Gasteiger partial charge in [-0.15, -0.1) is 15.0 Å². The minimum absolute atomic E-state index is 0. The summed E-state index contributed by atoms with van der Waals surface area (Å²) in [4.78, 5) is 24.1. The van der Waals surface area contributed by atoms with Crippen molar-refractivity contribution in [3.8, 4) is 0 Å². The fourth-order valence-corrected chi connectivity index (χ4v) is 16.9. The van der Waals surface area contributed by atoms with Crippen LogP contribution in [0.5, 0.6) is 0 Å². The molecule has 441 valence electrons. The number of nitrogens with zero attached hydrogens (tertiary/aromatic N) is 5. The second-order valence-electron chi connectivity index (χ2n) is 18.4. The molecule has 0 aliphatic rings. The second kappa shape index (κ2) is 38.8. The van der Waals surface area contributed by atoms with Gasteiger partial charge in [0.2, 0.25) is 16.3 Å². The Balaban J connectivity index is 0.000000229. The number of nitrogen functional groups attached to an aromatic ring is 1. The van der Waals surface area contributed by atoms with Gasteiger partial charge in [-0.05, 0) is 99.9 Å². The van der Waals surface area contributed by atoms with E-state index in [1.165, 1.54) is 14.6 Å². The van der Waals surface area contributed by atoms with Gasteiger partial charge >= 0.3 is 108 Å². The van der Waals surface area contributed by atoms with Gasteiger partial charge in [0.05, 0.1) is 16.6 Å². The molecule has 8 nitrogen and oxygen atoms in total. The predicted octanol–water partition coefficient (Wildman–Crippen LogP) is 9.91. The van der Waals surface area contributed by atoms with Crippen molar-refractivity contribution < 1.29 is 73.5 Å². The molecule has 5 heterocycles. The zero-order valence-corrected chi connectivity index (χ0v) is 63.8. The maximum Gasteiger partial charge on any atom is 0.225 e. The third kappa shape index (κ3) is 23.1. The molecule has 11 aromatic rings. The summed E-state index contributed by atoms with van der Waals surface area (Å²) < 4.78 is 40.0. The fourth-order valence-electron chi connectivity index (χ4n) is 7.75. The third-order valence-electron chi connectivity index (χ3n) is 12.0. The van der Waals surface area contributed by atoms with E-state index >= 15 is 0 Å². The van der Waals surface area contributed by atoms with Gasteiger partial charge in [0.1, 0.15) is 30.1 Å². The molecule has 5 radical (unpaired) electrons. The molecule has 5 aromatic heterocycles. The Bertz CT molecular complexity index is 3850. The van der Waals surface area contributed by atoms with Crippen LogP contribution in [0, 0.1) is 39.0 Å². The van der Waals surface area contributed by atoms with Gasteiger partial charge in [0.25, 0.3) is 0 Å². The van der Waals surface area contributed by atoms with E-state index in [1.54, 1.807) is 30.6 Å². The first-order valence-electron chi connectivity index (χ1n) is 26.2. The average molecular weight is 1830 g/mol. The van der Waals surface area contributed by atoms with E-state index in [0.717, 1.165) is 76.5 Å². The Morgan fingerprint density at radius 1 is 0.581 bits per heavy atom. The molecule has 86 heavy (non-hydrogen) atoms. The van der Waals surface area contributed by atoms with E-state index in [9.17, 15) is 13.2 Å². The summed E-state index contributed by atoms with van der Waals surface area (Å²) >= 11 is 4.65. The van der Waals surface area contributed by atoms with Crippen LogP contribution in [-0.4, -0.2) is 77.3 Å². The maximum atomic E-state index is 12.7. The van der Waals surface area contributed by atoms with Crippen molar-refractivity contribution in [1.82, 2.24) is 24.9 Å². The van der Waals surface area contributed by atoms with Crippen molar-refractivity contribution >= 4 is 132 Å². The van der Waals surface area contributed by atoms with Gasteiger partial charge in [-0.2, -0.15) is 91.0 Å². The van der Waals surface area contributed by atoms with Crippen molar-refractivity contribution in [3.63, 3.8) is 0 Å². The van der Waals surface area contributed by atoms with Crippen molar-refractivity contribution in [2.45, 2.75) is 47.3 Å². The zero-order chi connectivity index (χ0) is 59.0. The molecule has 0 aliphatic heterocycles. The van der Waals surface area contributed by atoms with Crippen LogP contribution in [0.1, 0.15) is 22.8 Å². The van der Waals surface area contributed by atoms with Crippen molar-refractivity contribution in [1.29, 1.82) is 0 Å². The Morgan fingerprint density at radius 2 is 1.14 bits per heavy atom. The van der Waals surface area contributed by atoms with Gasteiger partial charge in [-0.1, -0.05) is 97.8 Å². The number of halogens is 1. The maximum absolute atomic E-state index is 12.7. The number of hydrogen-bond acceptors (Lipinski definition) is 9. The van der Waals surface area contributed by atoms with Crippen molar-refractivity contribution in [3.05, 3.63) is 284 Å². The molecule has 0 amide bonds. The first-order valence-corrected chi connectivity index (χ1v) is 35.7. The molecule has 0 saturated carbocycles. The standard InChI is InChI=1S/C17H14N2P.C13H12FNP.C13H13NOP.C12H10NOS.C12H10NS.Al.Ga.3Ir.2H/c18-16-12-7-13-17(19-16)20(14-8-3-1-4-9-14)15-10-5-2-6-11-15;1-16(12-7-3-2-4-8-12)13-9-5-6-11(10-14)15-13;1-11-7-6-10-13(14-11)16(2,15)12-8-4-3-5-9-12;1-10-6-5-9-12(13-10)15(14)11-7-3-2-4-8-11;1-10-6-5-9-12(13-10)14-11-7-3-2-4-8-11;;;;;;;/h1-10,12-13H,(H2,18,19);2-7,9H,10H2,1H3;3-8,10H,1-2H3;2-7,9H,1H3;2-7,9H,1H3;;;;;;;/q3*-1;;;;;;;;;. The van der Waals surface area contributed by atoms with E-state index in [1.807, 2.05) is 213 Å². The van der Waals surface area contributed by atoms with Gasteiger partial charge in [-0.3, -0.25) is 4.98 Å². The molecule has 0 spiro atoms. The van der Waals surface area contributed by atoms with E-state index in [4.69, 9.17) is 5.73 Å². The number of anilines is 1. The Morgan fingerprint density at radius 3 is 1.74 bits per heavy atom. The van der Waals surface area contributed by atoms with Gasteiger partial charge < -0.3 is 10.3 Å². The minimum atomic E-state index is -2.59. The third-order valence-corrected chi connectivity index (χ3v) is 23.7. The molecule has 4 atom stereocenters. The van der Waals surface area contributed by atoms with Crippen LogP contribution < -0.4 is 51.8 Å². The number of aryl methyl sites for hydroxylation is 3. The Kier molecular flexibility index (Phi) is 33.4. The molecule has 6 aromatic carbocycles. The summed E-state index contributed by atoms with van der Waals surface area (Å²) in [6, 6.07) is 88.1. The van der Waals surface area contributed by atoms with Gasteiger partial charge in [0, 0.05) is 71.7 Å². The van der Waals surface area contributed by atoms with Crippen LogP contribution in [-0.2, 0) is 82.4 Å². The first kappa shape index (κ1) is 74.0. The van der Waals surface area contributed by atoms with Crippen molar-refractivity contribution in [2.75, 3.05) is 19.1 Å². The summed E-state index contributed by atoms with van der Waals surface area (Å²) in [6.45, 7) is 9.18. The van der Waals surface area contributed by atoms with Crippen LogP contribution in [0.25, 0.3) is 0 Å². The van der Waals surface area contributed by atoms with E-state index in [0.29, 0.717) is 22.0 Å². The molecule has 11 rings (SSSR count). The predicted molar refractivity (Wildman–Crippen MR) is 353 cm³/mol. The van der Waals surface area contributed by atoms with E-state index < -0.39 is 40.5 Å². The smallest absolute Gasteiger partial charge is 0.225 e. The minimum Gasteiger partial charge on any atom is -0.384 e. The Hall–Kier alpha value is -4.49. The molecular formula is C67H61AlFGaIr3N6O2P3S2-3. The number of alkyl halides is 1. The number of nitrogens with two attached hydrogens (primary N) is 1. The molecule has 0 bridgehead atoms. The molecule has 2 N–H and O–H groups in total. The normalized spacial score (nSPS) is 11.8. The quantitative estimate of drug-likeness (QED) is 0.0724. The summed E-state index contributed by atoms with van der Waals surface area (Å²) in [5.74, 6) is 0.557. The van der Waals surface area contributed by atoms with Crippen LogP contribution in [0.2, 0.25) is 0 Å². The number of benzene rings is 6. The molecule has 4 unspecified atom stereocenters. The summed E-state index contributed by atoms with van der Waals surface area (Å²) in [6.07, 6.45) is 0. The average Bonchev–Trinajstić information content (AvgIpc) is 3.04. The molecule has 19 heteroatoms. The van der Waals surface area contributed by atoms with Crippen LogP contribution in [0.3, 0.4) is 0 Å². The monoisotopic (exact) mass is 1830 g/mol. The van der Waals surface area contributed by atoms with E-state index in [-0.39, 0.29) is 60.3 Å². The largest absolute Gasteiger partial charge is 0.384 e. The van der Waals surface area contributed by atoms with Crippen LogP contribution >= 0.6 is 34.7 Å². The van der Waals surface area contributed by atoms with Crippen molar-refractivity contribution in [2.24, 2.45) is 0 Å². The first-order chi connectivity index (χ1) is 40.2. The summed E-state index contributed by atoms with van der Waals surface area (Å²) in [7, 11) is -4.97. The molecule has 0 aliphatic carbocycles. The van der Waals surface area contributed by atoms with Gasteiger partial charge in [0.15, 0.2) is 0 Å². The summed E-state index contributed by atoms with van der Waals surface area (Å²) in [5.41, 5.74) is 11.8. The SMILES string of the molecule is CP(c1[c-]cccc1)c1cccc(CF)n1.Cc1cccc(P(C)(=O)c2[c-]cccc2)n1.Cc1cccc(S(=O)c2cccc[c]2[GaH])n1.Cc1cccc(Sc2cccc[c]2[AlH])n1.Nc1cccc(P(c2[c-]cccc2)c2ccccc2)n1.[Ir].[Ir].[Ir]. The second-order valence-corrected chi connectivity index (χ2v) is 30.2. The number of rotatable bonds is 12. The van der Waals surface area contributed by atoms with Gasteiger partial charge in [-0.25, -0.2) is 19.3 Å². The molecular weight excluding hydrogens is 1770 g/mol. The molecule has 0 saturated heterocycles. The number of pyridine rings is 5. The number of aromatic nitrogens is 5. The topological polar surface area (TPSA) is 125 Å². The fraction of sp³-hybridized carbons (Fsp3) is 0.0896. The summed E-state index contributed by atoms with van der Waals surface area (Å²) in [5, 5.41) is 5.99. The number of hydrogen-bond donors (Lipinski definition) is 1. The van der Waals surface area contributed by atoms with Crippen LogP contribution in [0.4, 0.5) is 10.2 Å². The Labute approximate surface area is 574 Å². The zero-order valence-electron chi connectivity index (χ0n) is 47.9.